The topological polar surface area (TPSA) is 64.6 Å². The van der Waals surface area contributed by atoms with Crippen molar-refractivity contribution < 1.29 is 19.1 Å². The van der Waals surface area contributed by atoms with Crippen LogP contribution in [0.5, 0.6) is 0 Å². The summed E-state index contributed by atoms with van der Waals surface area (Å²) in [5, 5.41) is 2.94. The fraction of sp³-hybridized carbons (Fsp3) is 0.500. The number of hydrogen-bond acceptors (Lipinski definition) is 4. The van der Waals surface area contributed by atoms with Crippen LogP contribution in [-0.2, 0) is 19.1 Å². The molecule has 21 heavy (non-hydrogen) atoms. The van der Waals surface area contributed by atoms with Gasteiger partial charge in [-0.25, -0.2) is 4.79 Å². The van der Waals surface area contributed by atoms with E-state index in [0.717, 1.165) is 24.8 Å². The molecule has 1 amide bonds. The van der Waals surface area contributed by atoms with Gasteiger partial charge >= 0.3 is 5.97 Å². The largest absolute Gasteiger partial charge is 0.467 e. The summed E-state index contributed by atoms with van der Waals surface area (Å²) in [5.74, 6) is -0.479. The molecule has 2 rings (SSSR count). The number of amides is 1. The van der Waals surface area contributed by atoms with E-state index in [1.807, 2.05) is 30.3 Å². The standard InChI is InChI=1S/C16H21NO4/c1-20-14(16(19)21-2)13(11-7-4-3-5-8-11)17-15(18)12-9-6-10-12/h3-5,7-8,12-14H,6,9-10H2,1-2H3,(H,17,18)/t13-,14-/m1/s1. The average Bonchev–Trinajstić information content (AvgIpc) is 2.45. The average molecular weight is 291 g/mol. The number of esters is 1. The van der Waals surface area contributed by atoms with E-state index in [9.17, 15) is 9.59 Å². The molecule has 0 bridgehead atoms. The lowest BCUT2D eigenvalue weighted by Gasteiger charge is -2.30. The van der Waals surface area contributed by atoms with Crippen molar-refractivity contribution in [3.05, 3.63) is 35.9 Å². The van der Waals surface area contributed by atoms with Crippen molar-refractivity contribution >= 4 is 11.9 Å². The van der Waals surface area contributed by atoms with Gasteiger partial charge in [0.15, 0.2) is 6.10 Å². The van der Waals surface area contributed by atoms with E-state index in [2.05, 4.69) is 5.32 Å². The second-order valence-corrected chi connectivity index (χ2v) is 5.20. The highest BCUT2D eigenvalue weighted by atomic mass is 16.6. The quantitative estimate of drug-likeness (QED) is 0.812. The van der Waals surface area contributed by atoms with E-state index in [-0.39, 0.29) is 11.8 Å². The Bertz CT molecular complexity index is 484. The summed E-state index contributed by atoms with van der Waals surface area (Å²) >= 11 is 0. The summed E-state index contributed by atoms with van der Waals surface area (Å²) < 4.78 is 10.0. The molecule has 1 aromatic rings. The molecule has 0 saturated heterocycles. The first-order chi connectivity index (χ1) is 10.2. The van der Waals surface area contributed by atoms with Gasteiger partial charge in [-0.1, -0.05) is 36.8 Å². The van der Waals surface area contributed by atoms with Gasteiger partial charge in [-0.2, -0.15) is 0 Å². The van der Waals surface area contributed by atoms with Crippen LogP contribution in [0.15, 0.2) is 30.3 Å². The Kier molecular flexibility index (Phi) is 5.33. The van der Waals surface area contributed by atoms with Crippen LogP contribution >= 0.6 is 0 Å². The molecule has 114 valence electrons. The lowest BCUT2D eigenvalue weighted by molar-refractivity contribution is -0.155. The van der Waals surface area contributed by atoms with Crippen LogP contribution < -0.4 is 5.32 Å². The highest BCUT2D eigenvalue weighted by Crippen LogP contribution is 2.28. The summed E-state index contributed by atoms with van der Waals surface area (Å²) in [5.41, 5.74) is 0.822. The predicted octanol–water partition coefficient (Wildman–Crippen LogP) is 1.83. The van der Waals surface area contributed by atoms with Gasteiger partial charge < -0.3 is 14.8 Å². The molecule has 1 aromatic carbocycles. The van der Waals surface area contributed by atoms with Crippen molar-refractivity contribution in [1.82, 2.24) is 5.32 Å². The maximum Gasteiger partial charge on any atom is 0.337 e. The Morgan fingerprint density at radius 1 is 1.19 bits per heavy atom. The minimum atomic E-state index is -0.860. The molecule has 1 fully saturated rings. The van der Waals surface area contributed by atoms with Crippen molar-refractivity contribution in [2.75, 3.05) is 14.2 Å². The normalized spacial score (nSPS) is 17.4. The maximum absolute atomic E-state index is 12.2. The van der Waals surface area contributed by atoms with Crippen LogP contribution in [-0.4, -0.2) is 32.2 Å². The molecule has 5 nitrogen and oxygen atoms in total. The Labute approximate surface area is 124 Å². The van der Waals surface area contributed by atoms with Crippen molar-refractivity contribution in [2.45, 2.75) is 31.4 Å². The number of benzene rings is 1. The number of carbonyl (C=O) groups excluding carboxylic acids is 2. The second kappa shape index (κ2) is 7.22. The van der Waals surface area contributed by atoms with Gasteiger partial charge in [0, 0.05) is 13.0 Å². The molecule has 0 unspecified atom stereocenters. The highest BCUT2D eigenvalue weighted by Gasteiger charge is 2.34. The van der Waals surface area contributed by atoms with E-state index in [1.54, 1.807) is 0 Å². The SMILES string of the molecule is COC(=O)[C@H](OC)[C@H](NC(=O)C1CCC1)c1ccccc1. The molecule has 0 spiro atoms. The van der Waals surface area contributed by atoms with Crippen LogP contribution in [0.4, 0.5) is 0 Å². The summed E-state index contributed by atoms with van der Waals surface area (Å²) in [4.78, 5) is 24.1. The van der Waals surface area contributed by atoms with E-state index in [0.29, 0.717) is 0 Å². The van der Waals surface area contributed by atoms with Crippen LogP contribution in [0, 0.1) is 5.92 Å². The van der Waals surface area contributed by atoms with Crippen molar-refractivity contribution in [2.24, 2.45) is 5.92 Å². The summed E-state index contributed by atoms with van der Waals surface area (Å²) in [6.45, 7) is 0. The minimum Gasteiger partial charge on any atom is -0.467 e. The predicted molar refractivity (Wildman–Crippen MR) is 77.5 cm³/mol. The molecule has 1 aliphatic rings. The summed E-state index contributed by atoms with van der Waals surface area (Å²) in [6, 6.07) is 8.79. The van der Waals surface area contributed by atoms with Crippen molar-refractivity contribution in [3.8, 4) is 0 Å². The third kappa shape index (κ3) is 3.61. The smallest absolute Gasteiger partial charge is 0.337 e. The molecule has 2 atom stereocenters. The third-order valence-corrected chi connectivity index (χ3v) is 3.92. The van der Waals surface area contributed by atoms with Gasteiger partial charge in [0.2, 0.25) is 5.91 Å². The zero-order valence-corrected chi connectivity index (χ0v) is 12.4. The van der Waals surface area contributed by atoms with E-state index in [1.165, 1.54) is 14.2 Å². The van der Waals surface area contributed by atoms with E-state index >= 15 is 0 Å². The summed E-state index contributed by atoms with van der Waals surface area (Å²) in [6.07, 6.45) is 2.03. The fourth-order valence-corrected chi connectivity index (χ4v) is 2.42. The monoisotopic (exact) mass is 291 g/mol. The number of nitrogens with one attached hydrogen (secondary N) is 1. The Balaban J connectivity index is 2.20. The lowest BCUT2D eigenvalue weighted by Crippen LogP contribution is -2.45. The van der Waals surface area contributed by atoms with Crippen molar-refractivity contribution in [1.29, 1.82) is 0 Å². The first-order valence-electron chi connectivity index (χ1n) is 7.13. The molecule has 0 heterocycles. The first-order valence-corrected chi connectivity index (χ1v) is 7.13. The zero-order chi connectivity index (χ0) is 15.2. The molecule has 0 aliphatic heterocycles. The summed E-state index contributed by atoms with van der Waals surface area (Å²) in [7, 11) is 2.75. The molecule has 1 N–H and O–H groups in total. The molecule has 1 saturated carbocycles. The van der Waals surface area contributed by atoms with Crippen molar-refractivity contribution in [3.63, 3.8) is 0 Å². The van der Waals surface area contributed by atoms with Crippen LogP contribution in [0.25, 0.3) is 0 Å². The first kappa shape index (κ1) is 15.5. The van der Waals surface area contributed by atoms with Crippen LogP contribution in [0.2, 0.25) is 0 Å². The fourth-order valence-electron chi connectivity index (χ4n) is 2.42. The molecule has 1 aliphatic carbocycles. The Morgan fingerprint density at radius 2 is 1.86 bits per heavy atom. The molecule has 0 aromatic heterocycles. The minimum absolute atomic E-state index is 0.0268. The number of carbonyl (C=O) groups is 2. The number of methoxy groups -OCH3 is 2. The number of ether oxygens (including phenoxy) is 2. The maximum atomic E-state index is 12.2. The molecular weight excluding hydrogens is 270 g/mol. The molecular formula is C16H21NO4. The highest BCUT2D eigenvalue weighted by molar-refractivity contribution is 5.82. The third-order valence-electron chi connectivity index (χ3n) is 3.92. The molecule has 0 radical (unpaired) electrons. The second-order valence-electron chi connectivity index (χ2n) is 5.20. The van der Waals surface area contributed by atoms with Gasteiger partial charge in [-0.05, 0) is 18.4 Å². The van der Waals surface area contributed by atoms with Gasteiger partial charge in [-0.15, -0.1) is 0 Å². The van der Waals surface area contributed by atoms with Crippen LogP contribution in [0.3, 0.4) is 0 Å². The van der Waals surface area contributed by atoms with Gasteiger partial charge in [0.25, 0.3) is 0 Å². The number of hydrogen-bond donors (Lipinski definition) is 1. The van der Waals surface area contributed by atoms with Gasteiger partial charge in [0.05, 0.1) is 13.2 Å². The van der Waals surface area contributed by atoms with Gasteiger partial charge in [-0.3, -0.25) is 4.79 Å². The Hall–Kier alpha value is -1.88. The van der Waals surface area contributed by atoms with Gasteiger partial charge in [0.1, 0.15) is 0 Å². The van der Waals surface area contributed by atoms with E-state index < -0.39 is 18.1 Å². The van der Waals surface area contributed by atoms with E-state index in [4.69, 9.17) is 9.47 Å². The zero-order valence-electron chi connectivity index (χ0n) is 12.4. The number of rotatable bonds is 6. The lowest BCUT2D eigenvalue weighted by atomic mass is 9.84. The Morgan fingerprint density at radius 3 is 2.33 bits per heavy atom. The molecule has 5 heteroatoms. The van der Waals surface area contributed by atoms with Crippen LogP contribution in [0.1, 0.15) is 30.9 Å².